The van der Waals surface area contributed by atoms with Gasteiger partial charge in [0.15, 0.2) is 0 Å². The summed E-state index contributed by atoms with van der Waals surface area (Å²) >= 11 is 0. The van der Waals surface area contributed by atoms with Crippen LogP contribution in [0.25, 0.3) is 111 Å². The topological polar surface area (TPSA) is 52.6 Å². The summed E-state index contributed by atoms with van der Waals surface area (Å²) in [6.07, 6.45) is 0. The van der Waals surface area contributed by atoms with Gasteiger partial charge in [-0.05, 0) is 79.9 Å². The number of rotatable bonds is 2. The maximum atomic E-state index is 6.97. The Balaban J connectivity index is 1.11. The van der Waals surface area contributed by atoms with Crippen molar-refractivity contribution in [3.05, 3.63) is 133 Å². The van der Waals surface area contributed by atoms with Gasteiger partial charge in [0.1, 0.15) is 61.2 Å². The summed E-state index contributed by atoms with van der Waals surface area (Å²) in [6, 6.07) is 47.9. The van der Waals surface area contributed by atoms with Gasteiger partial charge >= 0.3 is 0 Å². The van der Waals surface area contributed by atoms with Crippen molar-refractivity contribution < 1.29 is 17.7 Å². The standard InChI is InChI=1S/C50H34O4Si2/c1-55(2)41-26-34-42(25-33(41)46-43(55)24-32(40-22-28-14-6-10-18-36(28)52-40)49-48(46)30-16-8-12-20-38(30)53-49)56(3,4)44-23-31(39-21-27-13-5-9-17-35(27)51-39)45-29-15-7-11-19-37(29)54-50(45)47(34)44/h5-26H,1-4H3. The average molecular weight is 755 g/mol. The van der Waals surface area contributed by atoms with Crippen molar-refractivity contribution in [1.29, 1.82) is 0 Å². The fraction of sp³-hybridized carbons (Fsp3) is 0.0800. The van der Waals surface area contributed by atoms with Gasteiger partial charge in [0.25, 0.3) is 0 Å². The zero-order valence-corrected chi connectivity index (χ0v) is 33.3. The van der Waals surface area contributed by atoms with E-state index in [-0.39, 0.29) is 0 Å². The minimum atomic E-state index is -2.27. The second-order valence-corrected chi connectivity index (χ2v) is 25.4. The number of benzene rings is 7. The molecule has 6 heteroatoms. The van der Waals surface area contributed by atoms with Gasteiger partial charge in [-0.15, -0.1) is 0 Å². The first-order chi connectivity index (χ1) is 27.3. The van der Waals surface area contributed by atoms with Gasteiger partial charge in [0.05, 0.1) is 5.56 Å². The molecule has 4 aromatic heterocycles. The smallest absolute Gasteiger partial charge is 0.147 e. The van der Waals surface area contributed by atoms with E-state index >= 15 is 0 Å². The van der Waals surface area contributed by atoms with Gasteiger partial charge in [-0.25, -0.2) is 0 Å². The van der Waals surface area contributed by atoms with Crippen LogP contribution in [0.3, 0.4) is 0 Å². The number of hydrogen-bond acceptors (Lipinski definition) is 4. The second-order valence-electron chi connectivity index (χ2n) is 16.8. The van der Waals surface area contributed by atoms with Crippen LogP contribution in [0.15, 0.2) is 151 Å². The lowest BCUT2D eigenvalue weighted by Gasteiger charge is -2.22. The molecule has 0 unspecified atom stereocenters. The summed E-state index contributed by atoms with van der Waals surface area (Å²) < 4.78 is 27.0. The molecule has 56 heavy (non-hydrogen) atoms. The average Bonchev–Trinajstić information content (AvgIpc) is 4.05. The Morgan fingerprint density at radius 3 is 1.41 bits per heavy atom. The normalized spacial score (nSPS) is 15.1. The molecular formula is C50H34O4Si2. The first-order valence-corrected chi connectivity index (χ1v) is 25.4. The number of fused-ring (bicyclic) bond motifs is 16. The third-order valence-corrected chi connectivity index (χ3v) is 20.1. The zero-order chi connectivity index (χ0) is 37.2. The molecule has 0 radical (unpaired) electrons. The van der Waals surface area contributed by atoms with E-state index in [0.29, 0.717) is 0 Å². The van der Waals surface area contributed by atoms with Crippen molar-refractivity contribution in [1.82, 2.24) is 0 Å². The largest absolute Gasteiger partial charge is 0.456 e. The first-order valence-electron chi connectivity index (χ1n) is 19.4. The molecule has 0 fully saturated rings. The summed E-state index contributed by atoms with van der Waals surface area (Å²) in [5.41, 5.74) is 12.8. The summed E-state index contributed by atoms with van der Waals surface area (Å²) in [5.74, 6) is 1.72. The molecule has 0 bridgehead atoms. The summed E-state index contributed by atoms with van der Waals surface area (Å²) in [7, 11) is -4.54. The van der Waals surface area contributed by atoms with E-state index in [1.165, 1.54) is 48.4 Å². The molecule has 11 aromatic rings. The Bertz CT molecular complexity index is 3480. The van der Waals surface area contributed by atoms with Crippen molar-refractivity contribution in [3.63, 3.8) is 0 Å². The van der Waals surface area contributed by atoms with Crippen LogP contribution >= 0.6 is 0 Å². The molecule has 4 nitrogen and oxygen atoms in total. The fourth-order valence-electron chi connectivity index (χ4n) is 10.3. The highest BCUT2D eigenvalue weighted by atomic mass is 28.3. The minimum absolute atomic E-state index is 0.844. The van der Waals surface area contributed by atoms with Crippen LogP contribution in [0.2, 0.25) is 26.2 Å². The predicted molar refractivity (Wildman–Crippen MR) is 236 cm³/mol. The van der Waals surface area contributed by atoms with Crippen LogP contribution in [-0.4, -0.2) is 16.1 Å². The van der Waals surface area contributed by atoms with Gasteiger partial charge in [-0.2, -0.15) is 0 Å². The van der Waals surface area contributed by atoms with Crippen molar-refractivity contribution in [3.8, 4) is 44.9 Å². The molecule has 0 spiro atoms. The Morgan fingerprint density at radius 2 is 0.804 bits per heavy atom. The quantitative estimate of drug-likeness (QED) is 0.165. The van der Waals surface area contributed by atoms with Crippen LogP contribution in [0.5, 0.6) is 0 Å². The summed E-state index contributed by atoms with van der Waals surface area (Å²) in [5, 5.41) is 12.5. The highest BCUT2D eigenvalue weighted by Gasteiger charge is 2.46. The molecule has 2 aliphatic rings. The maximum absolute atomic E-state index is 6.97. The van der Waals surface area contributed by atoms with Crippen LogP contribution in [-0.2, 0) is 0 Å². The zero-order valence-electron chi connectivity index (χ0n) is 31.3. The Labute approximate surface area is 323 Å². The van der Waals surface area contributed by atoms with E-state index < -0.39 is 16.1 Å². The van der Waals surface area contributed by atoms with E-state index in [0.717, 1.165) is 83.1 Å². The molecule has 0 amide bonds. The van der Waals surface area contributed by atoms with Crippen LogP contribution < -0.4 is 20.7 Å². The molecule has 2 aliphatic heterocycles. The maximum Gasteiger partial charge on any atom is 0.147 e. The lowest BCUT2D eigenvalue weighted by Crippen LogP contribution is -2.51. The third-order valence-electron chi connectivity index (χ3n) is 13.1. The van der Waals surface area contributed by atoms with E-state index in [1.807, 2.05) is 18.2 Å². The van der Waals surface area contributed by atoms with Crippen LogP contribution in [0, 0.1) is 0 Å². The van der Waals surface area contributed by atoms with Crippen LogP contribution in [0.1, 0.15) is 0 Å². The molecule has 266 valence electrons. The van der Waals surface area contributed by atoms with Gasteiger partial charge in [-0.3, -0.25) is 0 Å². The molecular weight excluding hydrogens is 721 g/mol. The predicted octanol–water partition coefficient (Wildman–Crippen LogP) is 11.9. The van der Waals surface area contributed by atoms with E-state index in [9.17, 15) is 0 Å². The summed E-state index contributed by atoms with van der Waals surface area (Å²) in [4.78, 5) is 0. The molecule has 0 atom stereocenters. The van der Waals surface area contributed by atoms with Crippen molar-refractivity contribution in [2.75, 3.05) is 0 Å². The van der Waals surface area contributed by atoms with Gasteiger partial charge < -0.3 is 17.7 Å². The van der Waals surface area contributed by atoms with E-state index in [2.05, 4.69) is 141 Å². The first kappa shape index (κ1) is 30.9. The van der Waals surface area contributed by atoms with Gasteiger partial charge in [0, 0.05) is 43.4 Å². The molecule has 0 saturated heterocycles. The molecule has 0 saturated carbocycles. The highest BCUT2D eigenvalue weighted by Crippen LogP contribution is 2.48. The minimum Gasteiger partial charge on any atom is -0.456 e. The molecule has 0 aliphatic carbocycles. The molecule has 0 N–H and O–H groups in total. The monoisotopic (exact) mass is 754 g/mol. The van der Waals surface area contributed by atoms with Crippen molar-refractivity contribution in [2.45, 2.75) is 26.2 Å². The second kappa shape index (κ2) is 10.3. The molecule has 13 rings (SSSR count). The van der Waals surface area contributed by atoms with Gasteiger partial charge in [-0.1, -0.05) is 117 Å². The number of hydrogen-bond donors (Lipinski definition) is 0. The fourth-order valence-corrected chi connectivity index (χ4v) is 16.4. The lowest BCUT2D eigenvalue weighted by atomic mass is 9.93. The Morgan fingerprint density at radius 1 is 0.357 bits per heavy atom. The Kier molecular flexibility index (Phi) is 5.68. The Hall–Kier alpha value is -6.35. The lowest BCUT2D eigenvalue weighted by molar-refractivity contribution is 0.626. The van der Waals surface area contributed by atoms with Crippen molar-refractivity contribution in [2.24, 2.45) is 0 Å². The van der Waals surface area contributed by atoms with Crippen LogP contribution in [0.4, 0.5) is 0 Å². The summed E-state index contributed by atoms with van der Waals surface area (Å²) in [6.45, 7) is 10.0. The van der Waals surface area contributed by atoms with E-state index in [4.69, 9.17) is 17.7 Å². The number of furan rings is 4. The molecule has 6 heterocycles. The number of para-hydroxylation sites is 4. The highest BCUT2D eigenvalue weighted by molar-refractivity contribution is 7.06. The molecule has 7 aromatic carbocycles. The van der Waals surface area contributed by atoms with E-state index in [1.54, 1.807) is 0 Å². The third kappa shape index (κ3) is 3.78. The SMILES string of the molecule is C[Si]1(C)c2cc3c(cc2-c2c1cc(-c1cc4ccccc4o1)c1c2oc2ccccc21)[Si](C)(C)c1cc(-c2cc4ccccc4o2)c2oc4ccccc4c2c1-3. The van der Waals surface area contributed by atoms with Crippen molar-refractivity contribution >= 4 is 103 Å². The van der Waals surface area contributed by atoms with Gasteiger partial charge in [0.2, 0.25) is 0 Å².